The second-order valence-electron chi connectivity index (χ2n) is 6.83. The summed E-state index contributed by atoms with van der Waals surface area (Å²) in [4.78, 5) is 0. The second kappa shape index (κ2) is 5.75. The summed E-state index contributed by atoms with van der Waals surface area (Å²) < 4.78 is 2.18. The van der Waals surface area contributed by atoms with Crippen molar-refractivity contribution >= 4 is 21.8 Å². The van der Waals surface area contributed by atoms with E-state index in [4.69, 9.17) is 0 Å². The Balaban J connectivity index is 2.02. The number of nitrogens with zero attached hydrogens (tertiary/aromatic N) is 1. The molecule has 0 radical (unpaired) electrons. The maximum Gasteiger partial charge on any atom is 0.0725 e. The molecule has 22 heavy (non-hydrogen) atoms. The number of hydrogen-bond donors (Lipinski definition) is 2. The number of aliphatic hydroxyl groups excluding tert-OH is 2. The van der Waals surface area contributed by atoms with Gasteiger partial charge in [-0.25, -0.2) is 0 Å². The van der Waals surface area contributed by atoms with E-state index in [1.165, 1.54) is 10.8 Å². The van der Waals surface area contributed by atoms with E-state index in [1.807, 2.05) is 38.1 Å². The van der Waals surface area contributed by atoms with Gasteiger partial charge >= 0.3 is 0 Å². The van der Waals surface area contributed by atoms with Crippen LogP contribution in [0.3, 0.4) is 0 Å². The Morgan fingerprint density at radius 2 is 1.45 bits per heavy atom. The molecule has 1 heterocycles. The molecule has 1 unspecified atom stereocenters. The van der Waals surface area contributed by atoms with Crippen LogP contribution in [-0.4, -0.2) is 27.5 Å². The highest BCUT2D eigenvalue weighted by molar-refractivity contribution is 6.07. The van der Waals surface area contributed by atoms with Crippen molar-refractivity contribution in [1.29, 1.82) is 0 Å². The van der Waals surface area contributed by atoms with Crippen molar-refractivity contribution in [2.75, 3.05) is 6.61 Å². The zero-order valence-electron chi connectivity index (χ0n) is 13.2. The van der Waals surface area contributed by atoms with Gasteiger partial charge in [-0.05, 0) is 24.0 Å². The number of benzene rings is 2. The minimum atomic E-state index is -0.485. The maximum atomic E-state index is 10.5. The van der Waals surface area contributed by atoms with Crippen LogP contribution in [0.15, 0.2) is 48.5 Å². The number of rotatable bonds is 5. The van der Waals surface area contributed by atoms with Crippen molar-refractivity contribution in [3.63, 3.8) is 0 Å². The molecule has 0 spiro atoms. The zero-order chi connectivity index (χ0) is 15.7. The molecule has 0 saturated heterocycles. The Kier molecular flexibility index (Phi) is 3.94. The van der Waals surface area contributed by atoms with Gasteiger partial charge in [-0.3, -0.25) is 0 Å². The van der Waals surface area contributed by atoms with Gasteiger partial charge in [0.25, 0.3) is 0 Å². The predicted octanol–water partition coefficient (Wildman–Crippen LogP) is 3.56. The highest BCUT2D eigenvalue weighted by Crippen LogP contribution is 2.30. The Morgan fingerprint density at radius 3 is 1.95 bits per heavy atom. The Hall–Kier alpha value is -1.84. The lowest BCUT2D eigenvalue weighted by molar-refractivity contribution is 0.0644. The van der Waals surface area contributed by atoms with Gasteiger partial charge in [0.2, 0.25) is 0 Å². The fourth-order valence-corrected chi connectivity index (χ4v) is 3.18. The molecule has 2 aromatic carbocycles. The Morgan fingerprint density at radius 1 is 0.955 bits per heavy atom. The van der Waals surface area contributed by atoms with Gasteiger partial charge < -0.3 is 14.8 Å². The normalized spacial score (nSPS) is 13.8. The first kappa shape index (κ1) is 15.1. The van der Waals surface area contributed by atoms with Gasteiger partial charge in [0.1, 0.15) is 0 Å². The van der Waals surface area contributed by atoms with Crippen LogP contribution in [0.4, 0.5) is 0 Å². The molecule has 1 aromatic heterocycles. The third kappa shape index (κ3) is 2.74. The number of aromatic nitrogens is 1. The summed E-state index contributed by atoms with van der Waals surface area (Å²) in [6, 6.07) is 16.6. The molecule has 0 aliphatic rings. The SMILES string of the molecule is CC(C)(CO)CC(O)Cn1c2ccccc2c2ccccc21. The van der Waals surface area contributed by atoms with Crippen LogP contribution in [0, 0.1) is 5.41 Å². The molecular formula is C19H23NO2. The first-order valence-corrected chi connectivity index (χ1v) is 7.77. The van der Waals surface area contributed by atoms with Gasteiger partial charge in [0.15, 0.2) is 0 Å². The Bertz CT molecular complexity index is 735. The maximum absolute atomic E-state index is 10.5. The molecule has 1 atom stereocenters. The van der Waals surface area contributed by atoms with Crippen LogP contribution < -0.4 is 0 Å². The predicted molar refractivity (Wildman–Crippen MR) is 90.9 cm³/mol. The highest BCUT2D eigenvalue weighted by Gasteiger charge is 2.22. The average Bonchev–Trinajstić information content (AvgIpc) is 2.82. The first-order valence-electron chi connectivity index (χ1n) is 7.77. The summed E-state index contributed by atoms with van der Waals surface area (Å²) in [5, 5.41) is 22.3. The summed E-state index contributed by atoms with van der Waals surface area (Å²) in [5.41, 5.74) is 2.02. The van der Waals surface area contributed by atoms with Crippen LogP contribution in [-0.2, 0) is 6.54 Å². The van der Waals surface area contributed by atoms with Crippen molar-refractivity contribution in [3.05, 3.63) is 48.5 Å². The van der Waals surface area contributed by atoms with Crippen LogP contribution in [0.1, 0.15) is 20.3 Å². The summed E-state index contributed by atoms with van der Waals surface area (Å²) >= 11 is 0. The van der Waals surface area contributed by atoms with Crippen LogP contribution in [0.5, 0.6) is 0 Å². The summed E-state index contributed by atoms with van der Waals surface area (Å²) in [7, 11) is 0. The lowest BCUT2D eigenvalue weighted by Crippen LogP contribution is -2.27. The van der Waals surface area contributed by atoms with E-state index in [9.17, 15) is 10.2 Å². The molecule has 3 heteroatoms. The smallest absolute Gasteiger partial charge is 0.0725 e. The largest absolute Gasteiger partial charge is 0.396 e. The van der Waals surface area contributed by atoms with Crippen molar-refractivity contribution in [3.8, 4) is 0 Å². The molecule has 3 nitrogen and oxygen atoms in total. The van der Waals surface area contributed by atoms with Crippen molar-refractivity contribution in [2.45, 2.75) is 32.9 Å². The molecule has 0 bridgehead atoms. The van der Waals surface area contributed by atoms with E-state index in [1.54, 1.807) is 0 Å². The van der Waals surface area contributed by atoms with E-state index >= 15 is 0 Å². The molecule has 0 fully saturated rings. The molecule has 3 rings (SSSR count). The minimum Gasteiger partial charge on any atom is -0.396 e. The van der Waals surface area contributed by atoms with Gasteiger partial charge in [0.05, 0.1) is 6.10 Å². The third-order valence-corrected chi connectivity index (χ3v) is 4.29. The summed E-state index contributed by atoms with van der Waals surface area (Å²) in [6.45, 7) is 4.57. The average molecular weight is 297 g/mol. The van der Waals surface area contributed by atoms with E-state index < -0.39 is 6.10 Å². The highest BCUT2D eigenvalue weighted by atomic mass is 16.3. The van der Waals surface area contributed by atoms with E-state index in [0.29, 0.717) is 13.0 Å². The Labute approximate surface area is 130 Å². The van der Waals surface area contributed by atoms with Crippen LogP contribution >= 0.6 is 0 Å². The molecular weight excluding hydrogens is 274 g/mol. The number of hydrogen-bond acceptors (Lipinski definition) is 2. The van der Waals surface area contributed by atoms with Gasteiger partial charge in [-0.2, -0.15) is 0 Å². The third-order valence-electron chi connectivity index (χ3n) is 4.29. The van der Waals surface area contributed by atoms with Gasteiger partial charge in [-0.15, -0.1) is 0 Å². The number of fused-ring (bicyclic) bond motifs is 3. The number of aliphatic hydroxyl groups is 2. The van der Waals surface area contributed by atoms with E-state index in [2.05, 4.69) is 28.8 Å². The van der Waals surface area contributed by atoms with E-state index in [-0.39, 0.29) is 12.0 Å². The lowest BCUT2D eigenvalue weighted by atomic mass is 9.87. The van der Waals surface area contributed by atoms with E-state index in [0.717, 1.165) is 11.0 Å². The molecule has 0 aliphatic heterocycles. The second-order valence-corrected chi connectivity index (χ2v) is 6.83. The molecule has 2 N–H and O–H groups in total. The quantitative estimate of drug-likeness (QED) is 0.756. The van der Waals surface area contributed by atoms with Crippen molar-refractivity contribution in [1.82, 2.24) is 4.57 Å². The monoisotopic (exact) mass is 297 g/mol. The van der Waals surface area contributed by atoms with Crippen LogP contribution in [0.25, 0.3) is 21.8 Å². The topological polar surface area (TPSA) is 45.4 Å². The zero-order valence-corrected chi connectivity index (χ0v) is 13.2. The molecule has 0 aliphatic carbocycles. The fraction of sp³-hybridized carbons (Fsp3) is 0.368. The molecule has 3 aromatic rings. The molecule has 0 amide bonds. The number of para-hydroxylation sites is 2. The van der Waals surface area contributed by atoms with Crippen molar-refractivity contribution in [2.24, 2.45) is 5.41 Å². The first-order chi connectivity index (χ1) is 10.5. The van der Waals surface area contributed by atoms with Gasteiger partial charge in [-0.1, -0.05) is 50.2 Å². The van der Waals surface area contributed by atoms with Crippen LogP contribution in [0.2, 0.25) is 0 Å². The van der Waals surface area contributed by atoms with Gasteiger partial charge in [0, 0.05) is 35.0 Å². The lowest BCUT2D eigenvalue weighted by Gasteiger charge is -2.25. The summed E-state index contributed by atoms with van der Waals surface area (Å²) in [5.74, 6) is 0. The summed E-state index contributed by atoms with van der Waals surface area (Å²) in [6.07, 6.45) is 0.0889. The van der Waals surface area contributed by atoms with Crippen molar-refractivity contribution < 1.29 is 10.2 Å². The molecule has 116 valence electrons. The fourth-order valence-electron chi connectivity index (χ4n) is 3.18. The minimum absolute atomic E-state index is 0.0806. The molecule has 0 saturated carbocycles. The standard InChI is InChI=1S/C19H23NO2/c1-19(2,13-21)11-14(22)12-20-17-9-5-3-7-15(17)16-8-4-6-10-18(16)20/h3-10,14,21-22H,11-13H2,1-2H3.